The van der Waals surface area contributed by atoms with Crippen LogP contribution in [0.1, 0.15) is 30.9 Å². The molecule has 112 valence electrons. The van der Waals surface area contributed by atoms with Gasteiger partial charge in [-0.05, 0) is 31.9 Å². The molecule has 0 heterocycles. The molecule has 1 amide bonds. The number of halogens is 3. The lowest BCUT2D eigenvalue weighted by molar-refractivity contribution is -0.121. The quantitative estimate of drug-likeness (QED) is 0.620. The Morgan fingerprint density at radius 3 is 2.45 bits per heavy atom. The number of carbonyl (C=O) groups is 1. The van der Waals surface area contributed by atoms with Crippen LogP contribution in [0.15, 0.2) is 18.2 Å². The van der Waals surface area contributed by atoms with Crippen LogP contribution in [-0.2, 0) is 4.79 Å². The minimum absolute atomic E-state index is 0.152. The SMILES string of the molecule is CCCC(=O)N[C@@H](Nc1ccc(C)cc1C)C(Cl)(Cl)Cl. The Labute approximate surface area is 135 Å². The van der Waals surface area contributed by atoms with Crippen LogP contribution in [0.4, 0.5) is 5.69 Å². The maximum absolute atomic E-state index is 11.7. The molecule has 0 aliphatic rings. The van der Waals surface area contributed by atoms with E-state index in [0.29, 0.717) is 6.42 Å². The van der Waals surface area contributed by atoms with Gasteiger partial charge in [-0.2, -0.15) is 0 Å². The van der Waals surface area contributed by atoms with Gasteiger partial charge in [-0.3, -0.25) is 4.79 Å². The summed E-state index contributed by atoms with van der Waals surface area (Å²) in [5, 5.41) is 5.78. The molecule has 2 N–H and O–H groups in total. The molecule has 0 aliphatic heterocycles. The average Bonchev–Trinajstić information content (AvgIpc) is 2.30. The Balaban J connectivity index is 2.87. The van der Waals surface area contributed by atoms with E-state index in [0.717, 1.165) is 23.2 Å². The molecule has 0 unspecified atom stereocenters. The standard InChI is InChI=1S/C14H19Cl3N2O/c1-4-5-12(20)19-13(14(15,16)17)18-11-7-6-9(2)8-10(11)3/h6-8,13,18H,4-5H2,1-3H3,(H,19,20)/t13-/m1/s1. The maximum Gasteiger partial charge on any atom is 0.228 e. The summed E-state index contributed by atoms with van der Waals surface area (Å²) in [7, 11) is 0. The summed E-state index contributed by atoms with van der Waals surface area (Å²) in [5.41, 5.74) is 2.99. The molecule has 1 rings (SSSR count). The highest BCUT2D eigenvalue weighted by atomic mass is 35.6. The van der Waals surface area contributed by atoms with E-state index in [9.17, 15) is 4.79 Å². The Hall–Kier alpha value is -0.640. The molecule has 1 atom stereocenters. The highest BCUT2D eigenvalue weighted by Crippen LogP contribution is 2.32. The van der Waals surface area contributed by atoms with Gasteiger partial charge in [0.15, 0.2) is 0 Å². The van der Waals surface area contributed by atoms with Crippen LogP contribution < -0.4 is 10.6 Å². The van der Waals surface area contributed by atoms with Crippen molar-refractivity contribution in [1.82, 2.24) is 5.32 Å². The molecule has 0 saturated heterocycles. The third-order valence-corrected chi connectivity index (χ3v) is 3.45. The van der Waals surface area contributed by atoms with Gasteiger partial charge in [0.2, 0.25) is 9.70 Å². The van der Waals surface area contributed by atoms with Gasteiger partial charge in [-0.15, -0.1) is 0 Å². The second kappa shape index (κ2) is 7.39. The van der Waals surface area contributed by atoms with Gasteiger partial charge in [0, 0.05) is 12.1 Å². The van der Waals surface area contributed by atoms with Gasteiger partial charge in [0.05, 0.1) is 0 Å². The van der Waals surface area contributed by atoms with Crippen LogP contribution in [0.2, 0.25) is 0 Å². The predicted molar refractivity (Wildman–Crippen MR) is 86.7 cm³/mol. The van der Waals surface area contributed by atoms with E-state index in [1.54, 1.807) is 0 Å². The Morgan fingerprint density at radius 2 is 1.95 bits per heavy atom. The second-order valence-electron chi connectivity index (χ2n) is 4.75. The van der Waals surface area contributed by atoms with Crippen molar-refractivity contribution in [3.63, 3.8) is 0 Å². The van der Waals surface area contributed by atoms with E-state index in [4.69, 9.17) is 34.8 Å². The highest BCUT2D eigenvalue weighted by molar-refractivity contribution is 6.68. The Kier molecular flexibility index (Phi) is 6.44. The Bertz CT molecular complexity index is 472. The fourth-order valence-electron chi connectivity index (χ4n) is 1.79. The number of rotatable bonds is 5. The first-order valence-corrected chi connectivity index (χ1v) is 7.57. The summed E-state index contributed by atoms with van der Waals surface area (Å²) in [4.78, 5) is 11.7. The van der Waals surface area contributed by atoms with Crippen LogP contribution in [0, 0.1) is 13.8 Å². The number of hydrogen-bond acceptors (Lipinski definition) is 2. The normalized spacial score (nSPS) is 12.9. The van der Waals surface area contributed by atoms with Crippen LogP contribution in [0.5, 0.6) is 0 Å². The molecule has 6 heteroatoms. The zero-order chi connectivity index (χ0) is 15.3. The van der Waals surface area contributed by atoms with Crippen LogP contribution >= 0.6 is 34.8 Å². The topological polar surface area (TPSA) is 41.1 Å². The molecule has 1 aromatic rings. The van der Waals surface area contributed by atoms with Crippen molar-refractivity contribution in [2.45, 2.75) is 43.6 Å². The molecular formula is C14H19Cl3N2O. The molecule has 20 heavy (non-hydrogen) atoms. The second-order valence-corrected chi connectivity index (χ2v) is 7.12. The molecule has 0 aromatic heterocycles. The molecule has 3 nitrogen and oxygen atoms in total. The zero-order valence-corrected chi connectivity index (χ0v) is 14.0. The summed E-state index contributed by atoms with van der Waals surface area (Å²) in [6, 6.07) is 5.88. The number of carbonyl (C=O) groups excluding carboxylic acids is 1. The highest BCUT2D eigenvalue weighted by Gasteiger charge is 2.34. The fraction of sp³-hybridized carbons (Fsp3) is 0.500. The van der Waals surface area contributed by atoms with Crippen LogP contribution in [-0.4, -0.2) is 15.9 Å². The number of benzene rings is 1. The van der Waals surface area contributed by atoms with Crippen LogP contribution in [0.3, 0.4) is 0 Å². The fourth-order valence-corrected chi connectivity index (χ4v) is 2.12. The molecule has 0 fully saturated rings. The molecule has 1 aromatic carbocycles. The van der Waals surface area contributed by atoms with E-state index in [1.807, 2.05) is 39.0 Å². The van der Waals surface area contributed by atoms with Gasteiger partial charge >= 0.3 is 0 Å². The summed E-state index contributed by atoms with van der Waals surface area (Å²) in [5.74, 6) is -0.152. The van der Waals surface area contributed by atoms with Crippen molar-refractivity contribution in [3.05, 3.63) is 29.3 Å². The van der Waals surface area contributed by atoms with Crippen molar-refractivity contribution in [2.24, 2.45) is 0 Å². The molecular weight excluding hydrogens is 319 g/mol. The van der Waals surface area contributed by atoms with Gasteiger partial charge in [0.1, 0.15) is 6.17 Å². The van der Waals surface area contributed by atoms with Crippen molar-refractivity contribution >= 4 is 46.4 Å². The van der Waals surface area contributed by atoms with E-state index in [2.05, 4.69) is 10.6 Å². The number of aryl methyl sites for hydroxylation is 2. The minimum atomic E-state index is -1.64. The summed E-state index contributed by atoms with van der Waals surface area (Å²) < 4.78 is -1.64. The van der Waals surface area contributed by atoms with E-state index in [-0.39, 0.29) is 5.91 Å². The van der Waals surface area contributed by atoms with E-state index in [1.165, 1.54) is 0 Å². The first-order valence-electron chi connectivity index (χ1n) is 6.44. The monoisotopic (exact) mass is 336 g/mol. The lowest BCUT2D eigenvalue weighted by Gasteiger charge is -2.28. The van der Waals surface area contributed by atoms with Gasteiger partial charge < -0.3 is 10.6 Å². The third-order valence-electron chi connectivity index (χ3n) is 2.79. The van der Waals surface area contributed by atoms with Crippen molar-refractivity contribution in [3.8, 4) is 0 Å². The van der Waals surface area contributed by atoms with E-state index >= 15 is 0 Å². The maximum atomic E-state index is 11.7. The first kappa shape index (κ1) is 17.4. The lowest BCUT2D eigenvalue weighted by atomic mass is 10.1. The van der Waals surface area contributed by atoms with Gasteiger partial charge in [-0.25, -0.2) is 0 Å². The van der Waals surface area contributed by atoms with Gasteiger partial charge in [0.25, 0.3) is 0 Å². The van der Waals surface area contributed by atoms with E-state index < -0.39 is 9.96 Å². The third kappa shape index (κ3) is 5.39. The lowest BCUT2D eigenvalue weighted by Crippen LogP contribution is -2.49. The molecule has 0 saturated carbocycles. The number of alkyl halides is 3. The summed E-state index contributed by atoms with van der Waals surface area (Å²) >= 11 is 17.8. The minimum Gasteiger partial charge on any atom is -0.362 e. The van der Waals surface area contributed by atoms with Crippen molar-refractivity contribution < 1.29 is 4.79 Å². The molecule has 0 radical (unpaired) electrons. The summed E-state index contributed by atoms with van der Waals surface area (Å²) in [6.07, 6.45) is 0.348. The smallest absolute Gasteiger partial charge is 0.228 e. The number of nitrogens with one attached hydrogen (secondary N) is 2. The zero-order valence-electron chi connectivity index (χ0n) is 11.8. The molecule has 0 aliphatic carbocycles. The number of amides is 1. The Morgan fingerprint density at radius 1 is 1.30 bits per heavy atom. The largest absolute Gasteiger partial charge is 0.362 e. The van der Waals surface area contributed by atoms with Crippen molar-refractivity contribution in [2.75, 3.05) is 5.32 Å². The first-order chi connectivity index (χ1) is 9.24. The van der Waals surface area contributed by atoms with Crippen LogP contribution in [0.25, 0.3) is 0 Å². The molecule has 0 bridgehead atoms. The van der Waals surface area contributed by atoms with Crippen molar-refractivity contribution in [1.29, 1.82) is 0 Å². The number of hydrogen-bond donors (Lipinski definition) is 2. The van der Waals surface area contributed by atoms with Gasteiger partial charge in [-0.1, -0.05) is 59.4 Å². The average molecular weight is 338 g/mol. The predicted octanol–water partition coefficient (Wildman–Crippen LogP) is 4.33. The molecule has 0 spiro atoms. The number of anilines is 1. The summed E-state index contributed by atoms with van der Waals surface area (Å²) in [6.45, 7) is 5.88.